The fourth-order valence-electron chi connectivity index (χ4n) is 4.45. The summed E-state index contributed by atoms with van der Waals surface area (Å²) < 4.78 is 11.9. The predicted molar refractivity (Wildman–Crippen MR) is 113 cm³/mol. The van der Waals surface area contributed by atoms with E-state index in [9.17, 15) is 9.18 Å². The second-order valence-electron chi connectivity index (χ2n) is 8.00. The molecule has 29 heavy (non-hydrogen) atoms. The Hall–Kier alpha value is -2.40. The minimum Gasteiger partial charge on any atom is -0.465 e. The van der Waals surface area contributed by atoms with Gasteiger partial charge in [0.2, 0.25) is 0 Å². The number of rotatable bonds is 0. The highest BCUT2D eigenvalue weighted by Crippen LogP contribution is 2.33. The van der Waals surface area contributed by atoms with Crippen LogP contribution in [-0.2, 0) is 13.0 Å². The van der Waals surface area contributed by atoms with Crippen molar-refractivity contribution >= 4 is 6.09 Å². The Kier molecular flexibility index (Phi) is 7.64. The van der Waals surface area contributed by atoms with Crippen LogP contribution in [0, 0.1) is 5.82 Å². The minimum absolute atomic E-state index is 0.178. The quantitative estimate of drug-likeness (QED) is 0.665. The van der Waals surface area contributed by atoms with Crippen LogP contribution >= 0.6 is 0 Å². The van der Waals surface area contributed by atoms with E-state index in [1.54, 1.807) is 18.2 Å². The number of hydrogen-bond acceptors (Lipinski definition) is 2. The first-order valence-electron chi connectivity index (χ1n) is 10.5. The lowest BCUT2D eigenvalue weighted by molar-refractivity contribution is 0.140. The van der Waals surface area contributed by atoms with Crippen LogP contribution in [0.2, 0.25) is 0 Å². The third-order valence-corrected chi connectivity index (χ3v) is 6.19. The molecule has 0 saturated carbocycles. The Morgan fingerprint density at radius 3 is 2.03 bits per heavy atom. The fourth-order valence-corrected chi connectivity index (χ4v) is 4.45. The molecule has 2 fully saturated rings. The average Bonchev–Trinajstić information content (AvgIpc) is 2.94. The van der Waals surface area contributed by atoms with Gasteiger partial charge >= 0.3 is 6.09 Å². The number of halogens is 1. The summed E-state index contributed by atoms with van der Waals surface area (Å²) in [6, 6.07) is 17.9. The Morgan fingerprint density at radius 2 is 1.52 bits per heavy atom. The Bertz CT molecular complexity index is 767. The van der Waals surface area contributed by atoms with Crippen LogP contribution in [0.15, 0.2) is 54.6 Å². The van der Waals surface area contributed by atoms with Gasteiger partial charge in [-0.1, -0.05) is 48.9 Å². The van der Waals surface area contributed by atoms with Crippen LogP contribution in [0.3, 0.4) is 0 Å². The number of carbonyl (C=O) groups is 1. The van der Waals surface area contributed by atoms with Gasteiger partial charge in [-0.25, -0.2) is 9.18 Å². The summed E-state index contributed by atoms with van der Waals surface area (Å²) in [5.74, 6) is -0.178. The molecule has 0 aromatic heterocycles. The van der Waals surface area contributed by atoms with E-state index < -0.39 is 6.09 Å². The zero-order valence-electron chi connectivity index (χ0n) is 17.1. The number of hydrogen-bond donors (Lipinski definition) is 1. The minimum atomic E-state index is -0.825. The van der Waals surface area contributed by atoms with Crippen molar-refractivity contribution in [2.75, 3.05) is 13.6 Å². The number of piperidine rings is 1. The molecule has 2 aromatic rings. The van der Waals surface area contributed by atoms with E-state index in [2.05, 4.69) is 18.0 Å². The van der Waals surface area contributed by atoms with Crippen molar-refractivity contribution in [3.8, 4) is 0 Å². The summed E-state index contributed by atoms with van der Waals surface area (Å²) in [6.07, 6.45) is 7.37. The normalized spacial score (nSPS) is 22.5. The highest BCUT2D eigenvalue weighted by atomic mass is 19.1. The molecule has 1 amide bonds. The third kappa shape index (κ3) is 6.04. The van der Waals surface area contributed by atoms with E-state index in [4.69, 9.17) is 5.11 Å². The van der Waals surface area contributed by atoms with Crippen LogP contribution in [0.4, 0.5) is 9.18 Å². The van der Waals surface area contributed by atoms with Crippen LogP contribution in [-0.4, -0.2) is 46.7 Å². The molecular formula is C24H31FN2O2. The van der Waals surface area contributed by atoms with Crippen molar-refractivity contribution in [2.24, 2.45) is 0 Å². The topological polar surface area (TPSA) is 43.8 Å². The van der Waals surface area contributed by atoms with Gasteiger partial charge in [-0.3, -0.25) is 0 Å². The van der Waals surface area contributed by atoms with Crippen LogP contribution < -0.4 is 0 Å². The van der Waals surface area contributed by atoms with E-state index in [1.165, 1.54) is 54.7 Å². The standard InChI is InChI=1S/C10H11NO2.C8H15N.C6H5F/c12-10(13)11-6-5-8-3-1-2-4-9(8)7-11;1-9-7-3-2-4-8(9)6-5-7;7-6-4-2-1-3-5-6/h1-4H,5-7H2,(H,12,13);7-8H,2-6H2,1H3;1-5H. The van der Waals surface area contributed by atoms with Gasteiger partial charge < -0.3 is 14.9 Å². The van der Waals surface area contributed by atoms with Crippen LogP contribution in [0.25, 0.3) is 0 Å². The van der Waals surface area contributed by atoms with Crippen molar-refractivity contribution in [1.82, 2.24) is 9.80 Å². The van der Waals surface area contributed by atoms with Crippen LogP contribution in [0.5, 0.6) is 0 Å². The molecule has 3 aliphatic rings. The summed E-state index contributed by atoms with van der Waals surface area (Å²) in [7, 11) is 2.29. The average molecular weight is 399 g/mol. The lowest BCUT2D eigenvalue weighted by Gasteiger charge is -2.30. The van der Waals surface area contributed by atoms with E-state index in [0.29, 0.717) is 13.1 Å². The SMILES string of the molecule is CN1C2CCCC1CC2.Fc1ccccc1.O=C(O)N1CCc2ccccc2C1. The zero-order valence-corrected chi connectivity index (χ0v) is 17.1. The maximum Gasteiger partial charge on any atom is 0.407 e. The summed E-state index contributed by atoms with van der Waals surface area (Å²) in [4.78, 5) is 14.7. The Morgan fingerprint density at radius 1 is 0.931 bits per heavy atom. The van der Waals surface area contributed by atoms with Gasteiger partial charge in [0.1, 0.15) is 5.82 Å². The van der Waals surface area contributed by atoms with E-state index in [1.807, 2.05) is 18.2 Å². The van der Waals surface area contributed by atoms with Crippen molar-refractivity contribution in [3.05, 3.63) is 71.5 Å². The summed E-state index contributed by atoms with van der Waals surface area (Å²) in [5, 5.41) is 8.79. The van der Waals surface area contributed by atoms with Crippen molar-refractivity contribution in [3.63, 3.8) is 0 Å². The van der Waals surface area contributed by atoms with Gasteiger partial charge in [0.05, 0.1) is 0 Å². The predicted octanol–water partition coefficient (Wildman–Crippen LogP) is 5.18. The maximum absolute atomic E-state index is 11.9. The first kappa shape index (κ1) is 21.3. The zero-order chi connectivity index (χ0) is 20.6. The van der Waals surface area contributed by atoms with E-state index >= 15 is 0 Å². The lowest BCUT2D eigenvalue weighted by Crippen LogP contribution is -2.35. The number of carboxylic acid groups (broad SMARTS) is 1. The molecule has 5 rings (SSSR count). The van der Waals surface area contributed by atoms with Gasteiger partial charge in [-0.15, -0.1) is 0 Å². The molecule has 2 saturated heterocycles. The number of nitrogens with zero attached hydrogens (tertiary/aromatic N) is 2. The van der Waals surface area contributed by atoms with Gasteiger partial charge in [-0.05, 0) is 62.4 Å². The Balaban J connectivity index is 0.000000131. The molecule has 0 aliphatic carbocycles. The van der Waals surface area contributed by atoms with E-state index in [0.717, 1.165) is 24.1 Å². The van der Waals surface area contributed by atoms with Crippen LogP contribution in [0.1, 0.15) is 43.2 Å². The molecule has 2 unspecified atom stereocenters. The molecule has 1 N–H and O–H groups in total. The monoisotopic (exact) mass is 398 g/mol. The first-order valence-corrected chi connectivity index (χ1v) is 10.5. The molecule has 4 nitrogen and oxygen atoms in total. The molecule has 156 valence electrons. The number of amides is 1. The molecule has 0 radical (unpaired) electrons. The smallest absolute Gasteiger partial charge is 0.407 e. The Labute approximate surface area is 173 Å². The molecule has 2 bridgehead atoms. The van der Waals surface area contributed by atoms with Crippen molar-refractivity contribution in [2.45, 2.75) is 57.2 Å². The molecule has 0 spiro atoms. The second kappa shape index (κ2) is 10.4. The third-order valence-electron chi connectivity index (χ3n) is 6.19. The van der Waals surface area contributed by atoms with Gasteiger partial charge in [0, 0.05) is 25.2 Å². The highest BCUT2D eigenvalue weighted by Gasteiger charge is 2.33. The van der Waals surface area contributed by atoms with Gasteiger partial charge in [0.25, 0.3) is 0 Å². The lowest BCUT2D eigenvalue weighted by atomic mass is 10.0. The molecule has 3 heterocycles. The van der Waals surface area contributed by atoms with Crippen molar-refractivity contribution in [1.29, 1.82) is 0 Å². The maximum atomic E-state index is 11.9. The largest absolute Gasteiger partial charge is 0.465 e. The molecular weight excluding hydrogens is 367 g/mol. The summed E-state index contributed by atoms with van der Waals surface area (Å²) in [5.41, 5.74) is 2.41. The summed E-state index contributed by atoms with van der Waals surface area (Å²) in [6.45, 7) is 1.15. The van der Waals surface area contributed by atoms with E-state index in [-0.39, 0.29) is 5.82 Å². The fraction of sp³-hybridized carbons (Fsp3) is 0.458. The van der Waals surface area contributed by atoms with Crippen molar-refractivity contribution < 1.29 is 14.3 Å². The van der Waals surface area contributed by atoms with Gasteiger partial charge in [0.15, 0.2) is 0 Å². The number of fused-ring (bicyclic) bond motifs is 3. The molecule has 3 aliphatic heterocycles. The number of benzene rings is 2. The molecule has 2 atom stereocenters. The summed E-state index contributed by atoms with van der Waals surface area (Å²) >= 11 is 0. The highest BCUT2D eigenvalue weighted by molar-refractivity contribution is 5.65. The molecule has 2 aromatic carbocycles. The second-order valence-corrected chi connectivity index (χ2v) is 8.00. The van der Waals surface area contributed by atoms with Gasteiger partial charge in [-0.2, -0.15) is 0 Å². The first-order chi connectivity index (χ1) is 14.0. The molecule has 5 heteroatoms.